The molecule has 4 rings (SSSR count). The number of nitrogens with zero attached hydrogens (tertiary/aromatic N) is 3. The van der Waals surface area contributed by atoms with Gasteiger partial charge in [0, 0.05) is 32.4 Å². The molecule has 1 aromatic rings. The Hall–Kier alpha value is -1.67. The van der Waals surface area contributed by atoms with E-state index in [4.69, 9.17) is 13.9 Å². The zero-order valence-electron chi connectivity index (χ0n) is 14.7. The molecule has 0 unspecified atom stereocenters. The van der Waals surface area contributed by atoms with Crippen molar-refractivity contribution >= 4 is 11.9 Å². The summed E-state index contributed by atoms with van der Waals surface area (Å²) in [6.07, 6.45) is 3.93. The normalized spacial score (nSPS) is 29.8. The van der Waals surface area contributed by atoms with E-state index in [0.29, 0.717) is 69.6 Å². The maximum atomic E-state index is 12.5. The number of amides is 1. The van der Waals surface area contributed by atoms with E-state index in [1.807, 2.05) is 4.90 Å². The summed E-state index contributed by atoms with van der Waals surface area (Å²) in [4.78, 5) is 14.5. The van der Waals surface area contributed by atoms with E-state index in [1.54, 1.807) is 6.92 Å². The number of aryl methyl sites for hydroxylation is 1. The monoisotopic (exact) mass is 350 g/mol. The molecule has 0 aromatic carbocycles. The molecule has 8 heteroatoms. The summed E-state index contributed by atoms with van der Waals surface area (Å²) < 4.78 is 17.3. The summed E-state index contributed by atoms with van der Waals surface area (Å²) in [5.74, 6) is 1.73. The lowest BCUT2D eigenvalue weighted by atomic mass is 9.94. The topological polar surface area (TPSA) is 89.7 Å². The number of aromatic nitrogens is 2. The van der Waals surface area contributed by atoms with E-state index in [2.05, 4.69) is 15.5 Å². The molecule has 1 spiro atoms. The van der Waals surface area contributed by atoms with Gasteiger partial charge in [0.1, 0.15) is 5.60 Å². The first-order valence-corrected chi connectivity index (χ1v) is 9.15. The maximum Gasteiger partial charge on any atom is 0.315 e. The molecule has 1 N–H and O–H groups in total. The van der Waals surface area contributed by atoms with Gasteiger partial charge in [0.05, 0.1) is 26.4 Å². The van der Waals surface area contributed by atoms with Gasteiger partial charge in [0.25, 0.3) is 0 Å². The van der Waals surface area contributed by atoms with Crippen molar-refractivity contribution in [2.45, 2.75) is 38.2 Å². The molecule has 25 heavy (non-hydrogen) atoms. The van der Waals surface area contributed by atoms with Gasteiger partial charge in [-0.1, -0.05) is 5.10 Å². The van der Waals surface area contributed by atoms with Gasteiger partial charge in [-0.15, -0.1) is 5.10 Å². The first kappa shape index (κ1) is 16.8. The minimum absolute atomic E-state index is 0.249. The molecule has 3 aliphatic rings. The van der Waals surface area contributed by atoms with E-state index in [1.165, 1.54) is 12.8 Å². The van der Waals surface area contributed by atoms with Crippen molar-refractivity contribution < 1.29 is 18.7 Å². The third kappa shape index (κ3) is 4.12. The molecule has 2 saturated heterocycles. The summed E-state index contributed by atoms with van der Waals surface area (Å²) >= 11 is 0. The van der Waals surface area contributed by atoms with E-state index in [0.717, 1.165) is 6.42 Å². The highest BCUT2D eigenvalue weighted by Gasteiger charge is 2.44. The van der Waals surface area contributed by atoms with Crippen LogP contribution in [0.15, 0.2) is 4.42 Å². The Morgan fingerprint density at radius 2 is 2.24 bits per heavy atom. The largest absolute Gasteiger partial charge is 0.408 e. The van der Waals surface area contributed by atoms with Gasteiger partial charge in [-0.05, 0) is 25.2 Å². The van der Waals surface area contributed by atoms with Crippen molar-refractivity contribution in [3.8, 4) is 0 Å². The molecule has 3 fully saturated rings. The average molecular weight is 350 g/mol. The molecular weight excluding hydrogens is 324 g/mol. The van der Waals surface area contributed by atoms with Crippen molar-refractivity contribution in [2.75, 3.05) is 44.8 Å². The van der Waals surface area contributed by atoms with Gasteiger partial charge in [-0.3, -0.25) is 4.79 Å². The molecule has 1 aliphatic carbocycles. The van der Waals surface area contributed by atoms with Gasteiger partial charge >= 0.3 is 6.01 Å². The zero-order chi connectivity index (χ0) is 17.3. The van der Waals surface area contributed by atoms with Crippen LogP contribution in [0.3, 0.4) is 0 Å². The fourth-order valence-corrected chi connectivity index (χ4v) is 3.70. The van der Waals surface area contributed by atoms with E-state index >= 15 is 0 Å². The van der Waals surface area contributed by atoms with Gasteiger partial charge < -0.3 is 24.1 Å². The number of hydrogen-bond donors (Lipinski definition) is 1. The SMILES string of the molecule is Cc1nnc(NC[C@@H]2CO[C@@]3(COCCN(C(=O)CC4CC4)C3)C2)o1. The zero-order valence-corrected chi connectivity index (χ0v) is 14.7. The predicted molar refractivity (Wildman–Crippen MR) is 89.1 cm³/mol. The number of rotatable bonds is 5. The summed E-state index contributed by atoms with van der Waals surface area (Å²) in [6, 6.07) is 0.441. The standard InChI is InChI=1S/C17H26N4O4/c1-12-19-20-16(25-12)18-8-14-7-17(24-9-14)10-21(4-5-23-11-17)15(22)6-13-2-3-13/h13-14H,2-11H2,1H3,(H,18,20)/t14-,17+/m1/s1. The van der Waals surface area contributed by atoms with Gasteiger partial charge in [-0.2, -0.15) is 0 Å². The molecule has 0 radical (unpaired) electrons. The van der Waals surface area contributed by atoms with E-state index < -0.39 is 0 Å². The van der Waals surface area contributed by atoms with E-state index in [-0.39, 0.29) is 11.5 Å². The third-order valence-corrected chi connectivity index (χ3v) is 5.22. The second-order valence-electron chi connectivity index (χ2n) is 7.59. The lowest BCUT2D eigenvalue weighted by molar-refractivity contribution is -0.134. The van der Waals surface area contributed by atoms with Crippen molar-refractivity contribution in [1.29, 1.82) is 0 Å². The molecule has 3 heterocycles. The van der Waals surface area contributed by atoms with Crippen LogP contribution in [0, 0.1) is 18.8 Å². The van der Waals surface area contributed by atoms with Crippen LogP contribution in [0.5, 0.6) is 0 Å². The van der Waals surface area contributed by atoms with Crippen LogP contribution in [0.4, 0.5) is 6.01 Å². The molecule has 1 saturated carbocycles. The smallest absolute Gasteiger partial charge is 0.315 e. The Balaban J connectivity index is 1.33. The first-order chi connectivity index (χ1) is 12.1. The minimum Gasteiger partial charge on any atom is -0.408 e. The van der Waals surface area contributed by atoms with Gasteiger partial charge in [-0.25, -0.2) is 0 Å². The van der Waals surface area contributed by atoms with Crippen LogP contribution < -0.4 is 5.32 Å². The molecule has 1 aromatic heterocycles. The summed E-state index contributed by atoms with van der Waals surface area (Å²) in [5, 5.41) is 10.9. The fourth-order valence-electron chi connectivity index (χ4n) is 3.70. The number of carbonyl (C=O) groups is 1. The van der Waals surface area contributed by atoms with Crippen LogP contribution in [-0.2, 0) is 14.3 Å². The second kappa shape index (κ2) is 6.92. The molecule has 2 aliphatic heterocycles. The Labute approximate surface area is 147 Å². The number of carbonyl (C=O) groups excluding carboxylic acids is 1. The van der Waals surface area contributed by atoms with Crippen molar-refractivity contribution in [3.63, 3.8) is 0 Å². The lowest BCUT2D eigenvalue weighted by Gasteiger charge is -2.31. The lowest BCUT2D eigenvalue weighted by Crippen LogP contribution is -2.46. The third-order valence-electron chi connectivity index (χ3n) is 5.22. The maximum absolute atomic E-state index is 12.5. The highest BCUT2D eigenvalue weighted by molar-refractivity contribution is 5.76. The van der Waals surface area contributed by atoms with E-state index in [9.17, 15) is 4.79 Å². The molecule has 0 bridgehead atoms. The van der Waals surface area contributed by atoms with Crippen LogP contribution >= 0.6 is 0 Å². The Morgan fingerprint density at radius 3 is 3.00 bits per heavy atom. The molecule has 2 atom stereocenters. The molecular formula is C17H26N4O4. The van der Waals surface area contributed by atoms with Gasteiger partial charge in [0.15, 0.2) is 0 Å². The van der Waals surface area contributed by atoms with Gasteiger partial charge in [0.2, 0.25) is 11.8 Å². The predicted octanol–water partition coefficient (Wildman–Crippen LogP) is 1.22. The number of hydrogen-bond acceptors (Lipinski definition) is 7. The quantitative estimate of drug-likeness (QED) is 0.854. The summed E-state index contributed by atoms with van der Waals surface area (Å²) in [7, 11) is 0. The summed E-state index contributed by atoms with van der Waals surface area (Å²) in [5.41, 5.74) is -0.382. The minimum atomic E-state index is -0.382. The van der Waals surface area contributed by atoms with Crippen LogP contribution in [0.25, 0.3) is 0 Å². The Bertz CT molecular complexity index is 618. The van der Waals surface area contributed by atoms with Crippen LogP contribution in [0.2, 0.25) is 0 Å². The number of ether oxygens (including phenoxy) is 2. The Morgan fingerprint density at radius 1 is 1.36 bits per heavy atom. The molecule has 1 amide bonds. The molecule has 138 valence electrons. The van der Waals surface area contributed by atoms with Crippen LogP contribution in [-0.4, -0.2) is 66.1 Å². The highest BCUT2D eigenvalue weighted by atomic mass is 16.5. The van der Waals surface area contributed by atoms with Crippen molar-refractivity contribution in [3.05, 3.63) is 5.89 Å². The summed E-state index contributed by atoms with van der Waals surface area (Å²) in [6.45, 7) is 5.56. The fraction of sp³-hybridized carbons (Fsp3) is 0.824. The second-order valence-corrected chi connectivity index (χ2v) is 7.59. The van der Waals surface area contributed by atoms with Crippen molar-refractivity contribution in [2.24, 2.45) is 11.8 Å². The highest BCUT2D eigenvalue weighted by Crippen LogP contribution is 2.35. The average Bonchev–Trinajstić information content (AvgIpc) is 3.22. The van der Waals surface area contributed by atoms with Crippen LogP contribution in [0.1, 0.15) is 31.6 Å². The van der Waals surface area contributed by atoms with Crippen molar-refractivity contribution in [1.82, 2.24) is 15.1 Å². The number of anilines is 1. The number of nitrogens with one attached hydrogen (secondary N) is 1. The molecule has 8 nitrogen and oxygen atoms in total. The first-order valence-electron chi connectivity index (χ1n) is 9.15. The Kier molecular flexibility index (Phi) is 4.64.